The highest BCUT2D eigenvalue weighted by molar-refractivity contribution is 7.98. The summed E-state index contributed by atoms with van der Waals surface area (Å²) in [6, 6.07) is 0. The number of rotatable bonds is 7. The first-order valence-electron chi connectivity index (χ1n) is 3.69. The Balaban J connectivity index is 2.85. The summed E-state index contributed by atoms with van der Waals surface area (Å²) < 4.78 is 0. The van der Waals surface area contributed by atoms with Gasteiger partial charge in [0.25, 0.3) is 0 Å². The minimum absolute atomic E-state index is 0.0826. The van der Waals surface area contributed by atoms with Crippen molar-refractivity contribution in [1.82, 2.24) is 5.32 Å². The molecule has 0 rings (SSSR count). The van der Waals surface area contributed by atoms with Gasteiger partial charge in [-0.25, -0.2) is 0 Å². The van der Waals surface area contributed by atoms with Gasteiger partial charge in [-0.1, -0.05) is 0 Å². The fraction of sp³-hybridized carbons (Fsp3) is 0.857. The summed E-state index contributed by atoms with van der Waals surface area (Å²) in [6.07, 6.45) is 4.30. The second-order valence-electron chi connectivity index (χ2n) is 2.27. The molecule has 0 amide bonds. The van der Waals surface area contributed by atoms with Crippen LogP contribution in [0, 0.1) is 0 Å². The van der Waals surface area contributed by atoms with E-state index >= 15 is 0 Å². The maximum absolute atomic E-state index is 10.0. The quantitative estimate of drug-likeness (QED) is 0.565. The maximum atomic E-state index is 10.0. The molecule has 0 aliphatic rings. The van der Waals surface area contributed by atoms with Gasteiger partial charge in [-0.15, -0.1) is 0 Å². The molecule has 0 aromatic heterocycles. The van der Waals surface area contributed by atoms with Crippen LogP contribution in [0.3, 0.4) is 0 Å². The van der Waals surface area contributed by atoms with E-state index in [1.54, 1.807) is 0 Å². The number of unbranched alkanes of at least 4 members (excludes halogenated alkanes) is 1. The Labute approximate surface area is 71.6 Å². The summed E-state index contributed by atoms with van der Waals surface area (Å²) in [5.41, 5.74) is 0. The minimum Gasteiger partial charge on any atom is -0.480 e. The van der Waals surface area contributed by atoms with Crippen molar-refractivity contribution in [2.24, 2.45) is 0 Å². The van der Waals surface area contributed by atoms with Gasteiger partial charge in [-0.05, 0) is 31.4 Å². The number of hydrogen-bond donors (Lipinski definition) is 2. The number of aliphatic carboxylic acids is 1. The van der Waals surface area contributed by atoms with E-state index in [4.69, 9.17) is 5.11 Å². The zero-order chi connectivity index (χ0) is 8.53. The molecule has 66 valence electrons. The molecule has 0 saturated carbocycles. The van der Waals surface area contributed by atoms with Crippen molar-refractivity contribution in [1.29, 1.82) is 0 Å². The molecule has 4 heteroatoms. The summed E-state index contributed by atoms with van der Waals surface area (Å²) in [6.45, 7) is 0.895. The van der Waals surface area contributed by atoms with Crippen LogP contribution in [0.2, 0.25) is 0 Å². The van der Waals surface area contributed by atoms with E-state index in [1.807, 2.05) is 11.8 Å². The molecule has 0 aromatic rings. The minimum atomic E-state index is -0.783. The molecular weight excluding hydrogens is 162 g/mol. The molecule has 0 bridgehead atoms. The zero-order valence-corrected chi connectivity index (χ0v) is 7.62. The first-order valence-corrected chi connectivity index (χ1v) is 5.08. The normalized spacial score (nSPS) is 9.91. The van der Waals surface area contributed by atoms with Crippen molar-refractivity contribution in [3.8, 4) is 0 Å². The van der Waals surface area contributed by atoms with E-state index in [-0.39, 0.29) is 6.54 Å². The van der Waals surface area contributed by atoms with Gasteiger partial charge >= 0.3 is 5.97 Å². The first-order chi connectivity index (χ1) is 5.27. The summed E-state index contributed by atoms with van der Waals surface area (Å²) in [5, 5.41) is 11.1. The molecule has 11 heavy (non-hydrogen) atoms. The SMILES string of the molecule is CSCCCCNCC(=O)O. The highest BCUT2D eigenvalue weighted by atomic mass is 32.2. The van der Waals surface area contributed by atoms with Gasteiger partial charge in [0, 0.05) is 0 Å². The molecule has 3 nitrogen and oxygen atoms in total. The Morgan fingerprint density at radius 3 is 2.82 bits per heavy atom. The third-order valence-corrected chi connectivity index (χ3v) is 1.93. The Hall–Kier alpha value is -0.220. The average molecular weight is 177 g/mol. The van der Waals surface area contributed by atoms with Gasteiger partial charge in [0.15, 0.2) is 0 Å². The van der Waals surface area contributed by atoms with Crippen LogP contribution in [0.15, 0.2) is 0 Å². The molecule has 0 saturated heterocycles. The summed E-state index contributed by atoms with van der Waals surface area (Å²) >= 11 is 1.82. The highest BCUT2D eigenvalue weighted by Gasteiger charge is 1.93. The first kappa shape index (κ1) is 10.8. The topological polar surface area (TPSA) is 49.3 Å². The molecule has 0 fully saturated rings. The molecule has 2 N–H and O–H groups in total. The van der Waals surface area contributed by atoms with Crippen LogP contribution >= 0.6 is 11.8 Å². The Bertz CT molecular complexity index is 109. The summed E-state index contributed by atoms with van der Waals surface area (Å²) in [4.78, 5) is 10.0. The van der Waals surface area contributed by atoms with E-state index in [0.717, 1.165) is 25.1 Å². The van der Waals surface area contributed by atoms with Gasteiger partial charge < -0.3 is 10.4 Å². The maximum Gasteiger partial charge on any atom is 0.317 e. The van der Waals surface area contributed by atoms with Gasteiger partial charge in [0.2, 0.25) is 0 Å². The van der Waals surface area contributed by atoms with Crippen LogP contribution in [0.1, 0.15) is 12.8 Å². The van der Waals surface area contributed by atoms with E-state index < -0.39 is 5.97 Å². The molecule has 0 aliphatic heterocycles. The van der Waals surface area contributed by atoms with Gasteiger partial charge in [-0.2, -0.15) is 11.8 Å². The van der Waals surface area contributed by atoms with Crippen molar-refractivity contribution in [3.63, 3.8) is 0 Å². The lowest BCUT2D eigenvalue weighted by atomic mass is 10.3. The zero-order valence-electron chi connectivity index (χ0n) is 6.80. The lowest BCUT2D eigenvalue weighted by Crippen LogP contribution is -2.23. The van der Waals surface area contributed by atoms with E-state index in [0.29, 0.717) is 0 Å². The van der Waals surface area contributed by atoms with Crippen LogP contribution < -0.4 is 5.32 Å². The third-order valence-electron chi connectivity index (χ3n) is 1.23. The Morgan fingerprint density at radius 2 is 2.27 bits per heavy atom. The number of carboxylic acid groups (broad SMARTS) is 1. The van der Waals surface area contributed by atoms with Crippen LogP contribution in [0.4, 0.5) is 0 Å². The summed E-state index contributed by atoms with van der Waals surface area (Å²) in [7, 11) is 0. The second-order valence-corrected chi connectivity index (χ2v) is 3.26. The highest BCUT2D eigenvalue weighted by Crippen LogP contribution is 1.97. The molecule has 0 aromatic carbocycles. The van der Waals surface area contributed by atoms with E-state index in [1.165, 1.54) is 0 Å². The van der Waals surface area contributed by atoms with Crippen molar-refractivity contribution in [3.05, 3.63) is 0 Å². The smallest absolute Gasteiger partial charge is 0.317 e. The lowest BCUT2D eigenvalue weighted by molar-refractivity contribution is -0.135. The predicted molar refractivity (Wildman–Crippen MR) is 48.1 cm³/mol. The van der Waals surface area contributed by atoms with E-state index in [2.05, 4.69) is 11.6 Å². The molecule has 0 heterocycles. The van der Waals surface area contributed by atoms with Crippen LogP contribution in [0.25, 0.3) is 0 Å². The fourth-order valence-electron chi connectivity index (χ4n) is 0.692. The molecule has 0 aliphatic carbocycles. The number of nitrogens with one attached hydrogen (secondary N) is 1. The van der Waals surface area contributed by atoms with Gasteiger partial charge in [-0.3, -0.25) is 4.79 Å². The van der Waals surface area contributed by atoms with Crippen LogP contribution in [-0.4, -0.2) is 36.2 Å². The van der Waals surface area contributed by atoms with Crippen LogP contribution in [-0.2, 0) is 4.79 Å². The van der Waals surface area contributed by atoms with E-state index in [9.17, 15) is 4.79 Å². The Kier molecular flexibility index (Phi) is 7.72. The lowest BCUT2D eigenvalue weighted by Gasteiger charge is -1.99. The van der Waals surface area contributed by atoms with Crippen molar-refractivity contribution in [2.75, 3.05) is 25.1 Å². The standard InChI is InChI=1S/C7H15NO2S/c1-11-5-3-2-4-8-6-7(9)10/h8H,2-6H2,1H3,(H,9,10). The fourth-order valence-corrected chi connectivity index (χ4v) is 1.18. The largest absolute Gasteiger partial charge is 0.480 e. The van der Waals surface area contributed by atoms with Crippen LogP contribution in [0.5, 0.6) is 0 Å². The number of carboxylic acids is 1. The van der Waals surface area contributed by atoms with Crippen molar-refractivity contribution < 1.29 is 9.90 Å². The monoisotopic (exact) mass is 177 g/mol. The predicted octanol–water partition coefficient (Wildman–Crippen LogP) is 0.804. The second kappa shape index (κ2) is 7.88. The summed E-state index contributed by atoms with van der Waals surface area (Å²) in [5.74, 6) is 0.379. The third kappa shape index (κ3) is 9.78. The molecule has 0 atom stereocenters. The van der Waals surface area contributed by atoms with Gasteiger partial charge in [0.05, 0.1) is 6.54 Å². The molecule has 0 radical (unpaired) electrons. The number of thioether (sulfide) groups is 1. The van der Waals surface area contributed by atoms with Crippen molar-refractivity contribution in [2.45, 2.75) is 12.8 Å². The Morgan fingerprint density at radius 1 is 1.55 bits per heavy atom. The van der Waals surface area contributed by atoms with Gasteiger partial charge in [0.1, 0.15) is 0 Å². The van der Waals surface area contributed by atoms with Crippen molar-refractivity contribution >= 4 is 17.7 Å². The molecular formula is C7H15NO2S. The number of hydrogen-bond acceptors (Lipinski definition) is 3. The molecule has 0 spiro atoms. The number of carbonyl (C=O) groups is 1. The average Bonchev–Trinajstić information content (AvgIpc) is 1.96. The molecule has 0 unspecified atom stereocenters.